The summed E-state index contributed by atoms with van der Waals surface area (Å²) in [5.41, 5.74) is 1.11. The Labute approximate surface area is 232 Å². The fourth-order valence-electron chi connectivity index (χ4n) is 5.33. The average molecular weight is 581 g/mol. The van der Waals surface area contributed by atoms with Crippen molar-refractivity contribution in [1.29, 1.82) is 0 Å². The van der Waals surface area contributed by atoms with E-state index < -0.39 is 25.9 Å². The first-order valence-corrected chi connectivity index (χ1v) is 17.3. The van der Waals surface area contributed by atoms with E-state index in [1.54, 1.807) is 0 Å². The number of benzene rings is 2. The number of fused-ring (bicyclic) bond motifs is 2. The molecule has 0 saturated carbocycles. The predicted molar refractivity (Wildman–Crippen MR) is 148 cm³/mol. The van der Waals surface area contributed by atoms with Gasteiger partial charge in [0.05, 0.1) is 36.0 Å². The predicted octanol–water partition coefficient (Wildman–Crippen LogP) is 6.14. The molecule has 40 heavy (non-hydrogen) atoms. The number of ether oxygens (including phenoxy) is 3. The maximum atomic E-state index is 15.0. The smallest absolute Gasteiger partial charge is 0.449 e. The van der Waals surface area contributed by atoms with Gasteiger partial charge < -0.3 is 19.5 Å². The van der Waals surface area contributed by atoms with Crippen molar-refractivity contribution in [2.24, 2.45) is 0 Å². The van der Waals surface area contributed by atoms with Gasteiger partial charge in [-0.05, 0) is 31.2 Å². The number of rotatable bonds is 8. The van der Waals surface area contributed by atoms with Gasteiger partial charge in [0, 0.05) is 33.3 Å². The van der Waals surface area contributed by atoms with Crippen LogP contribution < -0.4 is 10.1 Å². The molecule has 1 saturated heterocycles. The van der Waals surface area contributed by atoms with Gasteiger partial charge in [-0.15, -0.1) is 0 Å². The number of anilines is 1. The standard InChI is InChI=1S/C28H36F4N4O3Si/c1-18-15-35(9-10-38-18)23-16-39-24-8-6-5-7-20(24)25(23)33-21-13-19(29)14-22-26(21)34-27(28(30,31)32)36(22)17-37-11-12-40(2,3)4/h5-8,13-14,18,23,25,33H,9-12,15-17H2,1-4H3/t18-,23+,25+/m1/s1. The minimum atomic E-state index is -4.74. The molecule has 0 unspecified atom stereocenters. The third kappa shape index (κ3) is 6.29. The molecule has 2 aliphatic heterocycles. The Morgan fingerprint density at radius 1 is 1.18 bits per heavy atom. The van der Waals surface area contributed by atoms with Crippen molar-refractivity contribution in [3.05, 3.63) is 53.6 Å². The van der Waals surface area contributed by atoms with E-state index in [9.17, 15) is 13.2 Å². The molecule has 1 N–H and O–H groups in total. The second kappa shape index (κ2) is 11.3. The molecule has 0 aliphatic carbocycles. The number of hydrogen-bond donors (Lipinski definition) is 1. The number of alkyl halides is 3. The summed E-state index contributed by atoms with van der Waals surface area (Å²) in [5.74, 6) is -1.10. The van der Waals surface area contributed by atoms with Gasteiger partial charge in [0.1, 0.15) is 30.4 Å². The van der Waals surface area contributed by atoms with Crippen LogP contribution in [0, 0.1) is 5.82 Å². The minimum Gasteiger partial charge on any atom is -0.491 e. The normalized spacial score (nSPS) is 22.2. The Kier molecular flexibility index (Phi) is 8.15. The lowest BCUT2D eigenvalue weighted by atomic mass is 9.94. The van der Waals surface area contributed by atoms with Crippen LogP contribution in [-0.2, 0) is 22.4 Å². The number of para-hydroxylation sites is 1. The van der Waals surface area contributed by atoms with Gasteiger partial charge >= 0.3 is 6.18 Å². The van der Waals surface area contributed by atoms with E-state index in [1.165, 1.54) is 6.07 Å². The highest BCUT2D eigenvalue weighted by Gasteiger charge is 2.40. The van der Waals surface area contributed by atoms with Gasteiger partial charge in [-0.2, -0.15) is 13.2 Å². The van der Waals surface area contributed by atoms with Crippen molar-refractivity contribution in [3.8, 4) is 5.75 Å². The van der Waals surface area contributed by atoms with Crippen LogP contribution in [0.3, 0.4) is 0 Å². The molecule has 5 rings (SSSR count). The molecular formula is C28H36F4N4O3Si. The zero-order chi connectivity index (χ0) is 28.7. The second-order valence-corrected chi connectivity index (χ2v) is 17.4. The number of halogens is 4. The Morgan fingerprint density at radius 2 is 1.95 bits per heavy atom. The first kappa shape index (κ1) is 28.8. The van der Waals surface area contributed by atoms with E-state index in [2.05, 4.69) is 34.8 Å². The Balaban J connectivity index is 1.53. The molecule has 3 heterocycles. The Morgan fingerprint density at radius 3 is 2.67 bits per heavy atom. The van der Waals surface area contributed by atoms with Crippen LogP contribution in [0.4, 0.5) is 23.2 Å². The van der Waals surface area contributed by atoms with Crippen molar-refractivity contribution in [2.75, 3.05) is 38.2 Å². The second-order valence-electron chi connectivity index (χ2n) is 11.7. The Hall–Kier alpha value is -2.67. The van der Waals surface area contributed by atoms with E-state index in [0.717, 1.165) is 22.2 Å². The number of nitrogens with zero attached hydrogens (tertiary/aromatic N) is 3. The van der Waals surface area contributed by atoms with Crippen LogP contribution >= 0.6 is 0 Å². The van der Waals surface area contributed by atoms with Crippen molar-refractivity contribution >= 4 is 24.8 Å². The number of morpholine rings is 1. The topological polar surface area (TPSA) is 60.8 Å². The Bertz CT molecular complexity index is 1340. The molecule has 1 fully saturated rings. The number of hydrogen-bond acceptors (Lipinski definition) is 6. The fraction of sp³-hybridized carbons (Fsp3) is 0.536. The summed E-state index contributed by atoms with van der Waals surface area (Å²) < 4.78 is 75.8. The summed E-state index contributed by atoms with van der Waals surface area (Å²) >= 11 is 0. The van der Waals surface area contributed by atoms with Gasteiger partial charge in [-0.1, -0.05) is 37.8 Å². The highest BCUT2D eigenvalue weighted by Crippen LogP contribution is 2.40. The highest BCUT2D eigenvalue weighted by molar-refractivity contribution is 6.76. The van der Waals surface area contributed by atoms with Gasteiger partial charge in [0.2, 0.25) is 5.82 Å². The summed E-state index contributed by atoms with van der Waals surface area (Å²) in [4.78, 5) is 6.25. The summed E-state index contributed by atoms with van der Waals surface area (Å²) in [6.45, 7) is 10.7. The van der Waals surface area contributed by atoms with Crippen LogP contribution in [0.15, 0.2) is 36.4 Å². The number of imidazole rings is 1. The van der Waals surface area contributed by atoms with Crippen LogP contribution in [0.1, 0.15) is 24.4 Å². The molecule has 12 heteroatoms. The van der Waals surface area contributed by atoms with Gasteiger partial charge in [0.15, 0.2) is 0 Å². The van der Waals surface area contributed by atoms with E-state index in [0.29, 0.717) is 38.7 Å². The summed E-state index contributed by atoms with van der Waals surface area (Å²) in [6, 6.07) is 10.1. The van der Waals surface area contributed by atoms with Gasteiger partial charge in [0.25, 0.3) is 0 Å². The molecule has 0 bridgehead atoms. The minimum absolute atomic E-state index is 0.0263. The molecular weight excluding hydrogens is 544 g/mol. The number of nitrogens with one attached hydrogen (secondary N) is 1. The summed E-state index contributed by atoms with van der Waals surface area (Å²) in [5, 5.41) is 3.38. The summed E-state index contributed by atoms with van der Waals surface area (Å²) in [7, 11) is -1.44. The molecule has 0 amide bonds. The quantitative estimate of drug-likeness (QED) is 0.196. The van der Waals surface area contributed by atoms with Crippen molar-refractivity contribution in [3.63, 3.8) is 0 Å². The lowest BCUT2D eigenvalue weighted by Gasteiger charge is -2.44. The lowest BCUT2D eigenvalue weighted by molar-refractivity contribution is -0.149. The SMILES string of the molecule is C[C@@H]1CN([C@H]2COc3ccccc3[C@@H]2Nc2cc(F)cc3c2nc(C(F)(F)F)n3COCC[Si](C)(C)C)CCO1. The maximum absolute atomic E-state index is 15.0. The molecule has 2 aromatic carbocycles. The van der Waals surface area contributed by atoms with E-state index in [4.69, 9.17) is 14.2 Å². The van der Waals surface area contributed by atoms with E-state index in [1.807, 2.05) is 31.2 Å². The van der Waals surface area contributed by atoms with Crippen LogP contribution in [-0.4, -0.2) is 67.6 Å². The third-order valence-corrected chi connectivity index (χ3v) is 9.09. The monoisotopic (exact) mass is 580 g/mol. The summed E-state index contributed by atoms with van der Waals surface area (Å²) in [6.07, 6.45) is -4.72. The van der Waals surface area contributed by atoms with Gasteiger partial charge in [-0.3, -0.25) is 9.47 Å². The van der Waals surface area contributed by atoms with Crippen LogP contribution in [0.5, 0.6) is 5.75 Å². The average Bonchev–Trinajstić information content (AvgIpc) is 3.25. The van der Waals surface area contributed by atoms with Crippen LogP contribution in [0.25, 0.3) is 11.0 Å². The molecule has 3 atom stereocenters. The van der Waals surface area contributed by atoms with E-state index >= 15 is 4.39 Å². The maximum Gasteiger partial charge on any atom is 0.449 e. The zero-order valence-electron chi connectivity index (χ0n) is 23.2. The number of aromatic nitrogens is 2. The molecule has 218 valence electrons. The highest BCUT2D eigenvalue weighted by atomic mass is 28.3. The molecule has 0 radical (unpaired) electrons. The van der Waals surface area contributed by atoms with Crippen LogP contribution in [0.2, 0.25) is 25.7 Å². The molecule has 1 aromatic heterocycles. The zero-order valence-corrected chi connectivity index (χ0v) is 24.2. The fourth-order valence-corrected chi connectivity index (χ4v) is 6.09. The van der Waals surface area contributed by atoms with Gasteiger partial charge in [-0.25, -0.2) is 9.37 Å². The third-order valence-electron chi connectivity index (χ3n) is 7.39. The van der Waals surface area contributed by atoms with Crippen molar-refractivity contribution < 1.29 is 31.8 Å². The lowest BCUT2D eigenvalue weighted by Crippen LogP contribution is -2.54. The molecule has 0 spiro atoms. The van der Waals surface area contributed by atoms with Crippen molar-refractivity contribution in [2.45, 2.75) is 63.7 Å². The largest absolute Gasteiger partial charge is 0.491 e. The molecule has 2 aliphatic rings. The van der Waals surface area contributed by atoms with E-state index in [-0.39, 0.29) is 41.6 Å². The first-order valence-electron chi connectivity index (χ1n) is 13.6. The van der Waals surface area contributed by atoms with Crippen molar-refractivity contribution in [1.82, 2.24) is 14.5 Å². The molecule has 3 aromatic rings. The first-order chi connectivity index (χ1) is 18.9. The molecule has 7 nitrogen and oxygen atoms in total.